The molecule has 1 heterocycles. The zero-order chi connectivity index (χ0) is 19.6. The summed E-state index contributed by atoms with van der Waals surface area (Å²) >= 11 is 3.55. The lowest BCUT2D eigenvalue weighted by atomic mass is 10.2. The van der Waals surface area contributed by atoms with Gasteiger partial charge < -0.3 is 5.32 Å². The highest BCUT2D eigenvalue weighted by Crippen LogP contribution is 2.33. The Balaban J connectivity index is 1.95. The molecule has 1 aliphatic rings. The minimum absolute atomic E-state index is 0.102. The van der Waals surface area contributed by atoms with E-state index in [4.69, 9.17) is 0 Å². The van der Waals surface area contributed by atoms with Crippen molar-refractivity contribution in [3.8, 4) is 0 Å². The molecular formula is C16H15F3IN3O2S2. The largest absolute Gasteiger partial charge is 0.349 e. The van der Waals surface area contributed by atoms with Gasteiger partial charge in [-0.3, -0.25) is 4.72 Å². The van der Waals surface area contributed by atoms with Crippen molar-refractivity contribution in [2.75, 3.05) is 34.6 Å². The molecule has 0 aliphatic carbocycles. The molecule has 2 aromatic rings. The first-order valence-electron chi connectivity index (χ1n) is 7.83. The van der Waals surface area contributed by atoms with Crippen molar-refractivity contribution in [3.05, 3.63) is 51.4 Å². The number of hydrogen-bond donors (Lipinski definition) is 2. The summed E-state index contributed by atoms with van der Waals surface area (Å²) in [7, 11) is -3.95. The van der Waals surface area contributed by atoms with Crippen molar-refractivity contribution in [3.63, 3.8) is 0 Å². The van der Waals surface area contributed by atoms with E-state index in [0.29, 0.717) is 28.2 Å². The van der Waals surface area contributed by atoms with E-state index < -0.39 is 33.3 Å². The lowest BCUT2D eigenvalue weighted by Gasteiger charge is -2.26. The summed E-state index contributed by atoms with van der Waals surface area (Å²) in [6.45, 7) is 0.635. The van der Waals surface area contributed by atoms with Crippen molar-refractivity contribution in [1.82, 2.24) is 4.31 Å². The SMILES string of the molecule is O=S(=O)(Nc1ccc(F)c(F)c1Nc1ccc(I)cc1F)N1CCSCC1. The topological polar surface area (TPSA) is 61.4 Å². The molecule has 1 saturated heterocycles. The Hall–Kier alpha value is -1.18. The third kappa shape index (κ3) is 4.81. The van der Waals surface area contributed by atoms with Gasteiger partial charge in [-0.15, -0.1) is 0 Å². The van der Waals surface area contributed by atoms with Crippen LogP contribution in [0.5, 0.6) is 0 Å². The number of halogens is 4. The van der Waals surface area contributed by atoms with Crippen molar-refractivity contribution in [2.45, 2.75) is 0 Å². The Kier molecular flexibility index (Phi) is 6.43. The molecule has 2 N–H and O–H groups in total. The molecule has 0 bridgehead atoms. The number of benzene rings is 2. The molecule has 2 aromatic carbocycles. The number of hydrogen-bond acceptors (Lipinski definition) is 4. The Morgan fingerprint density at radius 1 is 1.00 bits per heavy atom. The highest BCUT2D eigenvalue weighted by molar-refractivity contribution is 14.1. The first-order chi connectivity index (χ1) is 12.8. The van der Waals surface area contributed by atoms with E-state index in [1.807, 2.05) is 22.6 Å². The molecule has 1 fully saturated rings. The van der Waals surface area contributed by atoms with Gasteiger partial charge in [0.1, 0.15) is 11.5 Å². The highest BCUT2D eigenvalue weighted by Gasteiger charge is 2.26. The summed E-state index contributed by atoms with van der Waals surface area (Å²) in [6, 6.07) is 6.08. The number of thioether (sulfide) groups is 1. The molecule has 146 valence electrons. The monoisotopic (exact) mass is 529 g/mol. The van der Waals surface area contributed by atoms with Crippen LogP contribution in [0.2, 0.25) is 0 Å². The molecule has 0 saturated carbocycles. The van der Waals surface area contributed by atoms with Crippen LogP contribution in [0.25, 0.3) is 0 Å². The number of nitrogens with one attached hydrogen (secondary N) is 2. The number of nitrogens with zero attached hydrogens (tertiary/aromatic N) is 1. The predicted molar refractivity (Wildman–Crippen MR) is 110 cm³/mol. The molecule has 0 unspecified atom stereocenters. The lowest BCUT2D eigenvalue weighted by molar-refractivity contribution is 0.448. The second kappa shape index (κ2) is 8.45. The van der Waals surface area contributed by atoms with Gasteiger partial charge in [-0.05, 0) is 52.9 Å². The van der Waals surface area contributed by atoms with Gasteiger partial charge in [-0.2, -0.15) is 24.5 Å². The van der Waals surface area contributed by atoms with Gasteiger partial charge in [-0.1, -0.05) is 0 Å². The molecule has 3 rings (SSSR count). The molecule has 0 aromatic heterocycles. The smallest absolute Gasteiger partial charge is 0.301 e. The van der Waals surface area contributed by atoms with Crippen molar-refractivity contribution in [2.24, 2.45) is 0 Å². The van der Waals surface area contributed by atoms with Crippen molar-refractivity contribution in [1.29, 1.82) is 0 Å². The second-order valence-corrected chi connectivity index (χ2v) is 9.79. The summed E-state index contributed by atoms with van der Waals surface area (Å²) < 4.78 is 71.4. The molecule has 0 radical (unpaired) electrons. The molecule has 27 heavy (non-hydrogen) atoms. The van der Waals surface area contributed by atoms with E-state index in [1.165, 1.54) is 16.4 Å². The van der Waals surface area contributed by atoms with E-state index >= 15 is 0 Å². The summed E-state index contributed by atoms with van der Waals surface area (Å²) in [5.74, 6) is -1.86. The third-order valence-electron chi connectivity index (χ3n) is 3.83. The van der Waals surface area contributed by atoms with Crippen LogP contribution in [0.15, 0.2) is 30.3 Å². The van der Waals surface area contributed by atoms with E-state index in [2.05, 4.69) is 10.0 Å². The molecule has 0 spiro atoms. The van der Waals surface area contributed by atoms with E-state index in [1.54, 1.807) is 17.8 Å². The van der Waals surface area contributed by atoms with Gasteiger partial charge in [0.15, 0.2) is 11.6 Å². The normalized spacial score (nSPS) is 15.6. The maximum Gasteiger partial charge on any atom is 0.301 e. The average Bonchev–Trinajstić information content (AvgIpc) is 2.63. The Morgan fingerprint density at radius 2 is 1.67 bits per heavy atom. The summed E-state index contributed by atoms with van der Waals surface area (Å²) in [6.07, 6.45) is 0. The van der Waals surface area contributed by atoms with E-state index in [9.17, 15) is 21.6 Å². The van der Waals surface area contributed by atoms with Gasteiger partial charge in [0.2, 0.25) is 0 Å². The highest BCUT2D eigenvalue weighted by atomic mass is 127. The summed E-state index contributed by atoms with van der Waals surface area (Å²) in [5.41, 5.74) is -0.787. The van der Waals surface area contributed by atoms with Crippen LogP contribution in [-0.2, 0) is 10.2 Å². The van der Waals surface area contributed by atoms with Crippen LogP contribution in [-0.4, -0.2) is 37.3 Å². The first-order valence-corrected chi connectivity index (χ1v) is 11.5. The minimum atomic E-state index is -3.95. The van der Waals surface area contributed by atoms with Crippen LogP contribution in [0.1, 0.15) is 0 Å². The molecule has 11 heteroatoms. The Labute approximate surface area is 173 Å². The van der Waals surface area contributed by atoms with Gasteiger partial charge in [0, 0.05) is 28.2 Å². The standard InChI is InChI=1S/C16H15F3IN3O2S2/c17-11-2-4-14(22-27(24,25)23-5-7-26-8-6-23)16(15(11)19)21-13-3-1-10(20)9-12(13)18/h1-4,9,21-22H,5-8H2. The fraction of sp³-hybridized carbons (Fsp3) is 0.250. The fourth-order valence-corrected chi connectivity index (χ4v) is 5.30. The molecule has 1 aliphatic heterocycles. The van der Waals surface area contributed by atoms with Gasteiger partial charge in [-0.25, -0.2) is 13.2 Å². The van der Waals surface area contributed by atoms with Crippen LogP contribution in [0.3, 0.4) is 0 Å². The van der Waals surface area contributed by atoms with Crippen LogP contribution < -0.4 is 10.0 Å². The maximum absolute atomic E-state index is 14.4. The van der Waals surface area contributed by atoms with Crippen LogP contribution >= 0.6 is 34.4 Å². The fourth-order valence-electron chi connectivity index (χ4n) is 2.47. The molecular weight excluding hydrogens is 514 g/mol. The van der Waals surface area contributed by atoms with Crippen molar-refractivity contribution >= 4 is 61.6 Å². The average molecular weight is 529 g/mol. The maximum atomic E-state index is 14.4. The first kappa shape index (κ1) is 20.6. The van der Waals surface area contributed by atoms with Gasteiger partial charge in [0.25, 0.3) is 0 Å². The zero-order valence-electron chi connectivity index (χ0n) is 13.8. The minimum Gasteiger partial charge on any atom is -0.349 e. The number of anilines is 3. The molecule has 0 amide bonds. The van der Waals surface area contributed by atoms with E-state index in [-0.39, 0.29) is 11.4 Å². The Bertz CT molecular complexity index is 954. The van der Waals surface area contributed by atoms with Gasteiger partial charge in [0.05, 0.1) is 11.4 Å². The zero-order valence-corrected chi connectivity index (χ0v) is 17.6. The van der Waals surface area contributed by atoms with Crippen molar-refractivity contribution < 1.29 is 21.6 Å². The van der Waals surface area contributed by atoms with Crippen LogP contribution in [0, 0.1) is 21.0 Å². The quantitative estimate of drug-likeness (QED) is 0.572. The third-order valence-corrected chi connectivity index (χ3v) is 6.97. The second-order valence-electron chi connectivity index (χ2n) is 5.65. The summed E-state index contributed by atoms with van der Waals surface area (Å²) in [5, 5.41) is 2.46. The van der Waals surface area contributed by atoms with Gasteiger partial charge >= 0.3 is 10.2 Å². The van der Waals surface area contributed by atoms with E-state index in [0.717, 1.165) is 12.1 Å². The number of rotatable bonds is 5. The lowest BCUT2D eigenvalue weighted by Crippen LogP contribution is -2.41. The Morgan fingerprint density at radius 3 is 2.33 bits per heavy atom. The molecule has 5 nitrogen and oxygen atoms in total. The summed E-state index contributed by atoms with van der Waals surface area (Å²) in [4.78, 5) is 0. The predicted octanol–water partition coefficient (Wildman–Crippen LogP) is 4.16. The van der Waals surface area contributed by atoms with Crippen LogP contribution in [0.4, 0.5) is 30.2 Å². The molecule has 0 atom stereocenters.